The predicted octanol–water partition coefficient (Wildman–Crippen LogP) is 2.03. The van der Waals surface area contributed by atoms with Crippen molar-refractivity contribution in [1.29, 1.82) is 0 Å². The lowest BCUT2D eigenvalue weighted by atomic mass is 9.89. The molecule has 1 aliphatic heterocycles. The lowest BCUT2D eigenvalue weighted by Gasteiger charge is -2.07. The van der Waals surface area contributed by atoms with Crippen LogP contribution in [-0.4, -0.2) is 14.4 Å². The van der Waals surface area contributed by atoms with Crippen molar-refractivity contribution < 1.29 is 1.43 Å². The van der Waals surface area contributed by atoms with Gasteiger partial charge in [0, 0.05) is 13.7 Å². The van der Waals surface area contributed by atoms with E-state index in [1.165, 1.54) is 16.8 Å². The summed E-state index contributed by atoms with van der Waals surface area (Å²) in [5, 5.41) is 3.33. The summed E-state index contributed by atoms with van der Waals surface area (Å²) in [7, 11) is 5.75. The van der Waals surface area contributed by atoms with E-state index in [4.69, 9.17) is 7.85 Å². The molecule has 1 aromatic rings. The SMILES string of the molecule is CC.[B]c1ccc2c(c1C)NCC2.[HH]. The first kappa shape index (κ1) is 10.2. The van der Waals surface area contributed by atoms with Crippen molar-refractivity contribution in [1.82, 2.24) is 0 Å². The lowest BCUT2D eigenvalue weighted by molar-refractivity contribution is 1.11. The summed E-state index contributed by atoms with van der Waals surface area (Å²) in [5.41, 5.74) is 4.74. The Balaban J connectivity index is 0.000000531. The van der Waals surface area contributed by atoms with Crippen LogP contribution in [0, 0.1) is 6.92 Å². The molecule has 1 N–H and O–H groups in total. The van der Waals surface area contributed by atoms with Gasteiger partial charge in [-0.3, -0.25) is 0 Å². The monoisotopic (exact) mass is 175 g/mol. The molecule has 0 unspecified atom stereocenters. The van der Waals surface area contributed by atoms with E-state index in [0.29, 0.717) is 0 Å². The lowest BCUT2D eigenvalue weighted by Crippen LogP contribution is -2.08. The zero-order valence-corrected chi connectivity index (χ0v) is 8.65. The molecule has 0 spiro atoms. The Morgan fingerprint density at radius 2 is 2.08 bits per heavy atom. The average molecular weight is 175 g/mol. The normalized spacial score (nSPS) is 12.5. The molecule has 1 aliphatic rings. The topological polar surface area (TPSA) is 12.0 Å². The maximum Gasteiger partial charge on any atom is 0.114 e. The minimum atomic E-state index is 0. The van der Waals surface area contributed by atoms with Crippen LogP contribution in [0.2, 0.25) is 0 Å². The highest BCUT2D eigenvalue weighted by atomic mass is 14.9. The highest BCUT2D eigenvalue weighted by Crippen LogP contribution is 2.23. The predicted molar refractivity (Wildman–Crippen MR) is 62.2 cm³/mol. The molecular weight excluding hydrogens is 157 g/mol. The molecule has 0 saturated carbocycles. The van der Waals surface area contributed by atoms with Gasteiger partial charge in [-0.05, 0) is 24.5 Å². The van der Waals surface area contributed by atoms with Gasteiger partial charge in [-0.1, -0.05) is 31.4 Å². The Bertz CT molecular complexity index is 300. The second-order valence-corrected chi connectivity index (χ2v) is 2.99. The van der Waals surface area contributed by atoms with Crippen molar-refractivity contribution in [3.63, 3.8) is 0 Å². The molecule has 0 aromatic heterocycles. The summed E-state index contributed by atoms with van der Waals surface area (Å²) in [4.78, 5) is 0. The summed E-state index contributed by atoms with van der Waals surface area (Å²) in [6.45, 7) is 7.12. The third-order valence-corrected chi connectivity index (χ3v) is 2.29. The van der Waals surface area contributed by atoms with Crippen LogP contribution < -0.4 is 10.8 Å². The van der Waals surface area contributed by atoms with E-state index in [-0.39, 0.29) is 1.43 Å². The number of fused-ring (bicyclic) bond motifs is 1. The van der Waals surface area contributed by atoms with Gasteiger partial charge in [0.25, 0.3) is 0 Å². The maximum atomic E-state index is 5.75. The highest BCUT2D eigenvalue weighted by Gasteiger charge is 2.11. The summed E-state index contributed by atoms with van der Waals surface area (Å²) in [5.74, 6) is 0. The number of rotatable bonds is 0. The van der Waals surface area contributed by atoms with Gasteiger partial charge in [-0.25, -0.2) is 0 Å². The van der Waals surface area contributed by atoms with Crippen molar-refractivity contribution in [2.24, 2.45) is 0 Å². The van der Waals surface area contributed by atoms with Gasteiger partial charge in [-0.15, -0.1) is 0 Å². The van der Waals surface area contributed by atoms with E-state index in [1.54, 1.807) is 0 Å². The molecule has 2 radical (unpaired) electrons. The Morgan fingerprint density at radius 3 is 2.77 bits per heavy atom. The number of nitrogens with one attached hydrogen (secondary N) is 1. The Morgan fingerprint density at radius 1 is 1.38 bits per heavy atom. The Labute approximate surface area is 83.4 Å². The molecule has 0 saturated heterocycles. The summed E-state index contributed by atoms with van der Waals surface area (Å²) >= 11 is 0. The van der Waals surface area contributed by atoms with E-state index in [2.05, 4.69) is 18.3 Å². The number of anilines is 1. The van der Waals surface area contributed by atoms with Crippen LogP contribution in [-0.2, 0) is 6.42 Å². The van der Waals surface area contributed by atoms with Crippen LogP contribution in [0.5, 0.6) is 0 Å². The van der Waals surface area contributed by atoms with Crippen molar-refractivity contribution >= 4 is 19.0 Å². The molecule has 0 fully saturated rings. The molecule has 13 heavy (non-hydrogen) atoms. The van der Waals surface area contributed by atoms with Gasteiger partial charge in [0.05, 0.1) is 0 Å². The zero-order chi connectivity index (χ0) is 9.84. The molecule has 0 atom stereocenters. The molecule has 0 amide bonds. The van der Waals surface area contributed by atoms with E-state index >= 15 is 0 Å². The standard InChI is InChI=1S/C9H10BN.C2H6.H2/c1-6-8(10)3-2-7-4-5-11-9(6)7;1-2;/h2-3,11H,4-5H2,1H3;1-2H3;1H. The van der Waals surface area contributed by atoms with Gasteiger partial charge in [0.1, 0.15) is 7.85 Å². The van der Waals surface area contributed by atoms with Crippen molar-refractivity contribution in [2.45, 2.75) is 27.2 Å². The number of benzene rings is 1. The van der Waals surface area contributed by atoms with E-state index in [0.717, 1.165) is 18.4 Å². The van der Waals surface area contributed by atoms with Crippen LogP contribution in [0.25, 0.3) is 0 Å². The minimum absolute atomic E-state index is 0. The van der Waals surface area contributed by atoms with E-state index in [1.807, 2.05) is 19.9 Å². The third-order valence-electron chi connectivity index (χ3n) is 2.29. The van der Waals surface area contributed by atoms with Crippen LogP contribution in [0.15, 0.2) is 12.1 Å². The Hall–Kier alpha value is -0.915. The molecule has 0 bridgehead atoms. The smallest absolute Gasteiger partial charge is 0.114 e. The Kier molecular flexibility index (Phi) is 3.41. The molecule has 2 heteroatoms. The largest absolute Gasteiger partial charge is 0.384 e. The van der Waals surface area contributed by atoms with Gasteiger partial charge in [0.2, 0.25) is 0 Å². The second-order valence-electron chi connectivity index (χ2n) is 2.99. The summed E-state index contributed by atoms with van der Waals surface area (Å²) in [6, 6.07) is 4.10. The van der Waals surface area contributed by atoms with Crippen molar-refractivity contribution in [3.8, 4) is 0 Å². The third kappa shape index (κ3) is 1.88. The van der Waals surface area contributed by atoms with Crippen LogP contribution in [0.1, 0.15) is 26.4 Å². The molecule has 2 rings (SSSR count). The zero-order valence-electron chi connectivity index (χ0n) is 8.65. The molecule has 1 heterocycles. The fraction of sp³-hybridized carbons (Fsp3) is 0.455. The molecule has 0 aliphatic carbocycles. The fourth-order valence-corrected chi connectivity index (χ4v) is 1.56. The van der Waals surface area contributed by atoms with Crippen LogP contribution in [0.3, 0.4) is 0 Å². The van der Waals surface area contributed by atoms with Gasteiger partial charge in [0.15, 0.2) is 0 Å². The second kappa shape index (κ2) is 4.36. The van der Waals surface area contributed by atoms with Crippen molar-refractivity contribution in [2.75, 3.05) is 11.9 Å². The average Bonchev–Trinajstić information content (AvgIpc) is 2.63. The van der Waals surface area contributed by atoms with Gasteiger partial charge < -0.3 is 5.32 Å². The maximum absolute atomic E-state index is 5.75. The summed E-state index contributed by atoms with van der Waals surface area (Å²) in [6.07, 6.45) is 1.14. The van der Waals surface area contributed by atoms with Crippen molar-refractivity contribution in [3.05, 3.63) is 23.3 Å². The van der Waals surface area contributed by atoms with E-state index < -0.39 is 0 Å². The van der Waals surface area contributed by atoms with E-state index in [9.17, 15) is 0 Å². The minimum Gasteiger partial charge on any atom is -0.384 e. The number of hydrogen-bond acceptors (Lipinski definition) is 1. The first-order chi connectivity index (χ1) is 6.29. The molecular formula is C11H18BN. The number of hydrogen-bond donors (Lipinski definition) is 1. The van der Waals surface area contributed by atoms with Gasteiger partial charge in [-0.2, -0.15) is 0 Å². The summed E-state index contributed by atoms with van der Waals surface area (Å²) < 4.78 is 0. The highest BCUT2D eigenvalue weighted by molar-refractivity contribution is 6.33. The molecule has 1 aromatic carbocycles. The first-order valence-corrected chi connectivity index (χ1v) is 4.91. The first-order valence-electron chi connectivity index (χ1n) is 4.91. The molecule has 1 nitrogen and oxygen atoms in total. The molecule has 70 valence electrons. The van der Waals surface area contributed by atoms with Gasteiger partial charge >= 0.3 is 0 Å². The quantitative estimate of drug-likeness (QED) is 0.595. The fourth-order valence-electron chi connectivity index (χ4n) is 1.56. The van der Waals surface area contributed by atoms with Crippen LogP contribution >= 0.6 is 0 Å². The van der Waals surface area contributed by atoms with Crippen LogP contribution in [0.4, 0.5) is 5.69 Å².